The second-order valence-electron chi connectivity index (χ2n) is 4.69. The fourth-order valence-corrected chi connectivity index (χ4v) is 2.22. The Morgan fingerprint density at radius 1 is 1.29 bits per heavy atom. The molecular formula is C15H12FN3O2. The third-order valence-electron chi connectivity index (χ3n) is 3.19. The van der Waals surface area contributed by atoms with Crippen molar-refractivity contribution in [2.45, 2.75) is 6.42 Å². The molecule has 5 nitrogen and oxygen atoms in total. The number of aromatic nitrogens is 1. The van der Waals surface area contributed by atoms with Crippen LogP contribution in [0.1, 0.15) is 5.69 Å². The van der Waals surface area contributed by atoms with Gasteiger partial charge in [-0.2, -0.15) is 0 Å². The molecule has 1 aliphatic heterocycles. The van der Waals surface area contributed by atoms with Crippen LogP contribution in [0.5, 0.6) is 0 Å². The SMILES string of the molecule is O=C1CN(C(=O)Cc2ccc(F)cn2)c2ccccc2N1. The Labute approximate surface area is 120 Å². The van der Waals surface area contributed by atoms with Crippen LogP contribution < -0.4 is 10.2 Å². The number of nitrogens with zero attached hydrogens (tertiary/aromatic N) is 2. The largest absolute Gasteiger partial charge is 0.323 e. The van der Waals surface area contributed by atoms with Crippen LogP contribution in [0.15, 0.2) is 42.6 Å². The second kappa shape index (κ2) is 5.32. The molecule has 1 N–H and O–H groups in total. The molecule has 0 aliphatic carbocycles. The van der Waals surface area contributed by atoms with Crippen LogP contribution in [-0.2, 0) is 16.0 Å². The molecule has 2 aromatic rings. The number of amides is 2. The summed E-state index contributed by atoms with van der Waals surface area (Å²) in [6.45, 7) is -0.0307. The molecule has 0 bridgehead atoms. The maximum absolute atomic E-state index is 12.8. The first kappa shape index (κ1) is 13.2. The zero-order valence-corrected chi connectivity index (χ0v) is 11.0. The number of fused-ring (bicyclic) bond motifs is 1. The van der Waals surface area contributed by atoms with Crippen molar-refractivity contribution in [2.24, 2.45) is 0 Å². The maximum Gasteiger partial charge on any atom is 0.244 e. The minimum absolute atomic E-state index is 0.0158. The topological polar surface area (TPSA) is 62.3 Å². The first-order valence-electron chi connectivity index (χ1n) is 6.43. The number of pyridine rings is 1. The lowest BCUT2D eigenvalue weighted by Gasteiger charge is -2.29. The van der Waals surface area contributed by atoms with Gasteiger partial charge in [-0.25, -0.2) is 4.39 Å². The number of hydrogen-bond donors (Lipinski definition) is 1. The fraction of sp³-hybridized carbons (Fsp3) is 0.133. The van der Waals surface area contributed by atoms with Crippen molar-refractivity contribution in [3.63, 3.8) is 0 Å². The van der Waals surface area contributed by atoms with Gasteiger partial charge in [-0.1, -0.05) is 12.1 Å². The van der Waals surface area contributed by atoms with E-state index in [-0.39, 0.29) is 24.8 Å². The van der Waals surface area contributed by atoms with Crippen LogP contribution in [0.25, 0.3) is 0 Å². The van der Waals surface area contributed by atoms with Crippen molar-refractivity contribution in [1.82, 2.24) is 4.98 Å². The monoisotopic (exact) mass is 285 g/mol. The molecule has 106 valence electrons. The first-order valence-corrected chi connectivity index (χ1v) is 6.43. The molecule has 3 rings (SSSR count). The third kappa shape index (κ3) is 2.74. The number of anilines is 2. The fourth-order valence-electron chi connectivity index (χ4n) is 2.22. The van der Waals surface area contributed by atoms with E-state index >= 15 is 0 Å². The molecule has 1 aromatic carbocycles. The number of nitrogens with one attached hydrogen (secondary N) is 1. The minimum Gasteiger partial charge on any atom is -0.323 e. The lowest BCUT2D eigenvalue weighted by molar-refractivity contribution is -0.121. The summed E-state index contributed by atoms with van der Waals surface area (Å²) < 4.78 is 12.8. The van der Waals surface area contributed by atoms with Crippen LogP contribution in [0.4, 0.5) is 15.8 Å². The van der Waals surface area contributed by atoms with Crippen molar-refractivity contribution in [3.8, 4) is 0 Å². The number of rotatable bonds is 2. The molecule has 2 amide bonds. The molecule has 0 atom stereocenters. The number of para-hydroxylation sites is 2. The summed E-state index contributed by atoms with van der Waals surface area (Å²) in [5.74, 6) is -0.945. The number of halogens is 1. The zero-order chi connectivity index (χ0) is 14.8. The molecule has 6 heteroatoms. The van der Waals surface area contributed by atoms with Gasteiger partial charge in [0.2, 0.25) is 11.8 Å². The van der Waals surface area contributed by atoms with Gasteiger partial charge in [0, 0.05) is 5.69 Å². The predicted molar refractivity (Wildman–Crippen MR) is 75.3 cm³/mol. The Balaban J connectivity index is 1.84. The van der Waals surface area contributed by atoms with E-state index in [0.29, 0.717) is 17.1 Å². The second-order valence-corrected chi connectivity index (χ2v) is 4.69. The van der Waals surface area contributed by atoms with Crippen molar-refractivity contribution in [2.75, 3.05) is 16.8 Å². The average Bonchev–Trinajstić information content (AvgIpc) is 2.48. The summed E-state index contributed by atoms with van der Waals surface area (Å²) in [5, 5.41) is 2.72. The summed E-state index contributed by atoms with van der Waals surface area (Å²) in [4.78, 5) is 29.3. The molecular weight excluding hydrogens is 273 g/mol. The van der Waals surface area contributed by atoms with Gasteiger partial charge in [0.25, 0.3) is 0 Å². The lowest BCUT2D eigenvalue weighted by Crippen LogP contribution is -2.42. The molecule has 0 saturated heterocycles. The molecule has 0 saturated carbocycles. The van der Waals surface area contributed by atoms with Crippen LogP contribution in [0.3, 0.4) is 0 Å². The van der Waals surface area contributed by atoms with Crippen molar-refractivity contribution < 1.29 is 14.0 Å². The summed E-state index contributed by atoms with van der Waals surface area (Å²) >= 11 is 0. The predicted octanol–water partition coefficient (Wildman–Crippen LogP) is 1.75. The normalized spacial score (nSPS) is 13.6. The van der Waals surface area contributed by atoms with E-state index < -0.39 is 5.82 Å². The Kier molecular flexibility index (Phi) is 3.35. The van der Waals surface area contributed by atoms with E-state index in [9.17, 15) is 14.0 Å². The number of hydrogen-bond acceptors (Lipinski definition) is 3. The summed E-state index contributed by atoms with van der Waals surface area (Å²) in [6, 6.07) is 9.81. The highest BCUT2D eigenvalue weighted by atomic mass is 19.1. The highest BCUT2D eigenvalue weighted by Crippen LogP contribution is 2.29. The molecule has 0 spiro atoms. The Morgan fingerprint density at radius 3 is 2.86 bits per heavy atom. The van der Waals surface area contributed by atoms with E-state index in [4.69, 9.17) is 0 Å². The van der Waals surface area contributed by atoms with Crippen molar-refractivity contribution >= 4 is 23.2 Å². The van der Waals surface area contributed by atoms with Gasteiger partial charge in [0.05, 0.1) is 24.0 Å². The van der Waals surface area contributed by atoms with Crippen LogP contribution in [0, 0.1) is 5.82 Å². The van der Waals surface area contributed by atoms with Gasteiger partial charge < -0.3 is 10.2 Å². The molecule has 0 fully saturated rings. The van der Waals surface area contributed by atoms with Crippen LogP contribution >= 0.6 is 0 Å². The first-order chi connectivity index (χ1) is 10.1. The van der Waals surface area contributed by atoms with Crippen molar-refractivity contribution in [3.05, 3.63) is 54.1 Å². The van der Waals surface area contributed by atoms with E-state index in [1.54, 1.807) is 24.3 Å². The summed E-state index contributed by atoms with van der Waals surface area (Å²) in [6.07, 6.45) is 1.08. The van der Waals surface area contributed by atoms with E-state index in [2.05, 4.69) is 10.3 Å². The van der Waals surface area contributed by atoms with Crippen LogP contribution in [-0.4, -0.2) is 23.3 Å². The van der Waals surface area contributed by atoms with E-state index in [1.807, 2.05) is 0 Å². The van der Waals surface area contributed by atoms with Gasteiger partial charge in [-0.15, -0.1) is 0 Å². The Bertz CT molecular complexity index is 700. The third-order valence-corrected chi connectivity index (χ3v) is 3.19. The highest BCUT2D eigenvalue weighted by Gasteiger charge is 2.26. The summed E-state index contributed by atoms with van der Waals surface area (Å²) in [5.41, 5.74) is 1.73. The zero-order valence-electron chi connectivity index (χ0n) is 11.0. The quantitative estimate of drug-likeness (QED) is 0.914. The molecule has 1 aliphatic rings. The minimum atomic E-state index is -0.450. The van der Waals surface area contributed by atoms with Gasteiger partial charge >= 0.3 is 0 Å². The summed E-state index contributed by atoms with van der Waals surface area (Å²) in [7, 11) is 0. The van der Waals surface area contributed by atoms with Gasteiger partial charge in [0.1, 0.15) is 12.4 Å². The number of carbonyl (C=O) groups is 2. The Morgan fingerprint density at radius 2 is 2.10 bits per heavy atom. The molecule has 21 heavy (non-hydrogen) atoms. The molecule has 1 aromatic heterocycles. The number of benzene rings is 1. The Hall–Kier alpha value is -2.76. The van der Waals surface area contributed by atoms with Gasteiger partial charge in [0.15, 0.2) is 0 Å². The standard InChI is InChI=1S/C15H12FN3O2/c16-10-5-6-11(17-8-10)7-15(21)19-9-14(20)18-12-3-1-2-4-13(12)19/h1-6,8H,7,9H2,(H,18,20). The molecule has 0 radical (unpaired) electrons. The van der Waals surface area contributed by atoms with Gasteiger partial charge in [-0.3, -0.25) is 14.6 Å². The van der Waals surface area contributed by atoms with Crippen LogP contribution in [0.2, 0.25) is 0 Å². The van der Waals surface area contributed by atoms with E-state index in [0.717, 1.165) is 6.20 Å². The average molecular weight is 285 g/mol. The van der Waals surface area contributed by atoms with Gasteiger partial charge in [-0.05, 0) is 24.3 Å². The lowest BCUT2D eigenvalue weighted by atomic mass is 10.1. The molecule has 0 unspecified atom stereocenters. The van der Waals surface area contributed by atoms with E-state index in [1.165, 1.54) is 17.0 Å². The van der Waals surface area contributed by atoms with Crippen molar-refractivity contribution in [1.29, 1.82) is 0 Å². The smallest absolute Gasteiger partial charge is 0.244 e. The highest BCUT2D eigenvalue weighted by molar-refractivity contribution is 6.10. The molecule has 2 heterocycles. The maximum atomic E-state index is 12.8. The number of carbonyl (C=O) groups excluding carboxylic acids is 2.